The van der Waals surface area contributed by atoms with Gasteiger partial charge in [0.2, 0.25) is 5.91 Å². The summed E-state index contributed by atoms with van der Waals surface area (Å²) in [5.41, 5.74) is 1.13. The number of amides is 1. The average Bonchev–Trinajstić information content (AvgIpc) is 2.84. The lowest BCUT2D eigenvalue weighted by Crippen LogP contribution is -2.60. The molecule has 0 spiro atoms. The van der Waals surface area contributed by atoms with Crippen LogP contribution >= 0.6 is 0 Å². The molecule has 8 nitrogen and oxygen atoms in total. The third-order valence-electron chi connectivity index (χ3n) is 7.45. The Hall–Kier alpha value is -3.34. The number of esters is 1. The molecule has 2 bridgehead atoms. The molecular formula is C26H29F3N2O6. The molecule has 0 saturated carbocycles. The van der Waals surface area contributed by atoms with Crippen molar-refractivity contribution in [2.24, 2.45) is 5.92 Å². The molecule has 3 aliphatic rings. The van der Waals surface area contributed by atoms with Crippen molar-refractivity contribution in [2.45, 2.75) is 43.3 Å². The van der Waals surface area contributed by atoms with Crippen molar-refractivity contribution >= 4 is 17.7 Å². The summed E-state index contributed by atoms with van der Waals surface area (Å²) < 4.78 is 53.4. The zero-order valence-corrected chi connectivity index (χ0v) is 20.8. The highest BCUT2D eigenvalue weighted by Crippen LogP contribution is 2.58. The molecular weight excluding hydrogens is 493 g/mol. The average molecular weight is 523 g/mol. The summed E-state index contributed by atoms with van der Waals surface area (Å²) in [6.45, 7) is 0.544. The van der Waals surface area contributed by atoms with Gasteiger partial charge in [0.1, 0.15) is 0 Å². The lowest BCUT2D eigenvalue weighted by molar-refractivity contribution is -0.134. The number of carbonyl (C=O) groups is 3. The summed E-state index contributed by atoms with van der Waals surface area (Å²) in [7, 11) is 4.99. The Morgan fingerprint density at radius 1 is 1.24 bits per heavy atom. The standard InChI is InChI=1S/C26H29F3N2O6/c1-31-11-9-25-14-18(32)20(36-3)13-16(25)17(31)12-15-4-5-19(35-2)24(23(15)25)37-22(34)7-10-30-21(33)6-8-26(27,28)29/h4-6,8,13,16-17H,7,9-12,14H2,1-3H3,(H,30,33)/b8-6+/t16-,17+,25-/m1/s1. The Labute approximate surface area is 212 Å². The number of rotatable bonds is 7. The summed E-state index contributed by atoms with van der Waals surface area (Å²) in [6, 6.07) is 3.79. The number of nitrogens with one attached hydrogen (secondary N) is 1. The van der Waals surface area contributed by atoms with Crippen molar-refractivity contribution < 1.29 is 41.8 Å². The lowest BCUT2D eigenvalue weighted by atomic mass is 9.53. The van der Waals surface area contributed by atoms with Gasteiger partial charge in [0.05, 0.1) is 20.6 Å². The van der Waals surface area contributed by atoms with Crippen molar-refractivity contribution in [1.29, 1.82) is 0 Å². The number of halogens is 3. The quantitative estimate of drug-likeness (QED) is 0.334. The van der Waals surface area contributed by atoms with Crippen molar-refractivity contribution in [3.05, 3.63) is 47.2 Å². The molecule has 1 fully saturated rings. The fraction of sp³-hybridized carbons (Fsp3) is 0.500. The van der Waals surface area contributed by atoms with Gasteiger partial charge in [-0.25, -0.2) is 0 Å². The largest absolute Gasteiger partial charge is 0.493 e. The van der Waals surface area contributed by atoms with Crippen LogP contribution in [0.4, 0.5) is 13.2 Å². The molecule has 0 aromatic heterocycles. The minimum absolute atomic E-state index is 0.0457. The Morgan fingerprint density at radius 3 is 2.68 bits per heavy atom. The molecule has 2 aliphatic carbocycles. The first kappa shape index (κ1) is 26.7. The van der Waals surface area contributed by atoms with Gasteiger partial charge in [-0.3, -0.25) is 14.4 Å². The Bertz CT molecular complexity index is 1160. The second-order valence-corrected chi connectivity index (χ2v) is 9.54. The molecule has 1 aliphatic heterocycles. The number of hydrogen-bond acceptors (Lipinski definition) is 7. The van der Waals surface area contributed by atoms with Crippen LogP contribution in [0.15, 0.2) is 36.1 Å². The molecule has 1 N–H and O–H groups in total. The molecule has 200 valence electrons. The molecule has 1 amide bonds. The van der Waals surface area contributed by atoms with Crippen LogP contribution in [0, 0.1) is 5.92 Å². The molecule has 1 aromatic carbocycles. The molecule has 11 heteroatoms. The maximum Gasteiger partial charge on any atom is 0.409 e. The minimum atomic E-state index is -4.61. The summed E-state index contributed by atoms with van der Waals surface area (Å²) in [5.74, 6) is -0.918. The van der Waals surface area contributed by atoms with Gasteiger partial charge in [0.15, 0.2) is 23.0 Å². The van der Waals surface area contributed by atoms with Gasteiger partial charge in [-0.15, -0.1) is 0 Å². The summed E-state index contributed by atoms with van der Waals surface area (Å²) in [5, 5.41) is 2.23. The highest BCUT2D eigenvalue weighted by atomic mass is 19.4. The van der Waals surface area contributed by atoms with E-state index in [4.69, 9.17) is 14.2 Å². The van der Waals surface area contributed by atoms with Gasteiger partial charge in [-0.1, -0.05) is 6.07 Å². The predicted octanol–water partition coefficient (Wildman–Crippen LogP) is 2.84. The van der Waals surface area contributed by atoms with Gasteiger partial charge in [-0.05, 0) is 44.1 Å². The van der Waals surface area contributed by atoms with E-state index in [0.29, 0.717) is 30.4 Å². The smallest absolute Gasteiger partial charge is 0.409 e. The Morgan fingerprint density at radius 2 is 2.00 bits per heavy atom. The van der Waals surface area contributed by atoms with Crippen LogP contribution in [0.2, 0.25) is 0 Å². The van der Waals surface area contributed by atoms with Crippen LogP contribution in [0.3, 0.4) is 0 Å². The number of alkyl halides is 3. The van der Waals surface area contributed by atoms with E-state index in [9.17, 15) is 27.6 Å². The molecule has 37 heavy (non-hydrogen) atoms. The topological polar surface area (TPSA) is 94.2 Å². The number of ketones is 1. The zero-order valence-electron chi connectivity index (χ0n) is 20.8. The van der Waals surface area contributed by atoms with Crippen LogP contribution in [0.5, 0.6) is 11.5 Å². The number of Topliss-reactive ketones (excluding diaryl/α,β-unsaturated/α-hetero) is 1. The van der Waals surface area contributed by atoms with Crippen LogP contribution in [-0.2, 0) is 31.0 Å². The Balaban J connectivity index is 1.62. The Kier molecular flexibility index (Phi) is 7.36. The number of piperidine rings is 1. The second kappa shape index (κ2) is 10.2. The predicted molar refractivity (Wildman–Crippen MR) is 126 cm³/mol. The van der Waals surface area contributed by atoms with Crippen molar-refractivity contribution in [1.82, 2.24) is 10.2 Å². The SMILES string of the molecule is COC1=C[C@@H]2[C@@H]3Cc4ccc(OC)c(OC(=O)CCNC(=O)/C=C/C(F)(F)F)c4[C@]2(CCN3C)CC1=O. The van der Waals surface area contributed by atoms with E-state index < -0.39 is 23.5 Å². The fourth-order valence-corrected chi connectivity index (χ4v) is 5.79. The number of benzene rings is 1. The van der Waals surface area contributed by atoms with Crippen molar-refractivity contribution in [3.8, 4) is 11.5 Å². The van der Waals surface area contributed by atoms with E-state index in [-0.39, 0.29) is 49.0 Å². The van der Waals surface area contributed by atoms with Gasteiger partial charge < -0.3 is 24.4 Å². The maximum atomic E-state index is 13.0. The van der Waals surface area contributed by atoms with Crippen molar-refractivity contribution in [2.75, 3.05) is 34.4 Å². The zero-order chi connectivity index (χ0) is 27.0. The van der Waals surface area contributed by atoms with Crippen LogP contribution < -0.4 is 14.8 Å². The third-order valence-corrected chi connectivity index (χ3v) is 7.45. The molecule has 0 radical (unpaired) electrons. The van der Waals surface area contributed by atoms with Gasteiger partial charge in [0, 0.05) is 48.1 Å². The number of carbonyl (C=O) groups excluding carboxylic acids is 3. The van der Waals surface area contributed by atoms with E-state index in [2.05, 4.69) is 17.3 Å². The number of ether oxygens (including phenoxy) is 3. The van der Waals surface area contributed by atoms with E-state index in [0.717, 1.165) is 17.7 Å². The normalized spacial score (nSPS) is 25.1. The lowest BCUT2D eigenvalue weighted by Gasteiger charge is -2.56. The van der Waals surface area contributed by atoms with E-state index in [1.807, 2.05) is 12.1 Å². The first-order chi connectivity index (χ1) is 17.5. The van der Waals surface area contributed by atoms with Gasteiger partial charge >= 0.3 is 12.1 Å². The highest BCUT2D eigenvalue weighted by Gasteiger charge is 2.56. The highest BCUT2D eigenvalue weighted by molar-refractivity contribution is 5.96. The van der Waals surface area contributed by atoms with Gasteiger partial charge in [0.25, 0.3) is 0 Å². The molecule has 3 atom stereocenters. The van der Waals surface area contributed by atoms with Crippen molar-refractivity contribution in [3.63, 3.8) is 0 Å². The molecule has 1 saturated heterocycles. The minimum Gasteiger partial charge on any atom is -0.493 e. The second-order valence-electron chi connectivity index (χ2n) is 9.54. The number of hydrogen-bond donors (Lipinski definition) is 1. The van der Waals surface area contributed by atoms with Crippen LogP contribution in [0.1, 0.15) is 30.4 Å². The van der Waals surface area contributed by atoms with Crippen LogP contribution in [0.25, 0.3) is 0 Å². The maximum absolute atomic E-state index is 13.0. The molecule has 0 unspecified atom stereocenters. The number of fused-ring (bicyclic) bond motifs is 1. The number of methoxy groups -OCH3 is 2. The number of allylic oxidation sites excluding steroid dienone is 2. The summed E-state index contributed by atoms with van der Waals surface area (Å²) in [4.78, 5) is 39.6. The van der Waals surface area contributed by atoms with E-state index in [1.54, 1.807) is 6.07 Å². The summed E-state index contributed by atoms with van der Waals surface area (Å²) in [6.07, 6.45) is -1.26. The monoisotopic (exact) mass is 522 g/mol. The molecule has 1 aromatic rings. The van der Waals surface area contributed by atoms with E-state index in [1.165, 1.54) is 14.2 Å². The molecule has 1 heterocycles. The number of nitrogens with zero attached hydrogens (tertiary/aromatic N) is 1. The summed E-state index contributed by atoms with van der Waals surface area (Å²) >= 11 is 0. The third kappa shape index (κ3) is 5.22. The fourth-order valence-electron chi connectivity index (χ4n) is 5.79. The van der Waals surface area contributed by atoms with Gasteiger partial charge in [-0.2, -0.15) is 13.2 Å². The first-order valence-corrected chi connectivity index (χ1v) is 11.9. The van der Waals surface area contributed by atoms with E-state index >= 15 is 0 Å². The number of likely N-dealkylation sites (tertiary alicyclic amines) is 1. The first-order valence-electron chi connectivity index (χ1n) is 11.9. The van der Waals surface area contributed by atoms with Crippen LogP contribution in [-0.4, -0.2) is 69.1 Å². The molecule has 4 rings (SSSR count). The number of likely N-dealkylation sites (N-methyl/N-ethyl adjacent to an activating group) is 1.